The van der Waals surface area contributed by atoms with Crippen LogP contribution in [0.15, 0.2) is 59.0 Å². The summed E-state index contributed by atoms with van der Waals surface area (Å²) in [6.07, 6.45) is 0. The molecular weight excluding hydrogens is 354 g/mol. The van der Waals surface area contributed by atoms with Crippen LogP contribution in [0.3, 0.4) is 0 Å². The SMILES string of the molecule is Cc1ccc(C(=O)Nc2ccc(-c3ccc(C(=O)NCCN)o3)cc2)cc1C. The van der Waals surface area contributed by atoms with Crippen molar-refractivity contribution in [2.45, 2.75) is 13.8 Å². The van der Waals surface area contributed by atoms with Gasteiger partial charge in [-0.1, -0.05) is 6.07 Å². The summed E-state index contributed by atoms with van der Waals surface area (Å²) in [6, 6.07) is 16.2. The van der Waals surface area contributed by atoms with E-state index in [2.05, 4.69) is 10.6 Å². The highest BCUT2D eigenvalue weighted by Crippen LogP contribution is 2.24. The Bertz CT molecular complexity index is 991. The summed E-state index contributed by atoms with van der Waals surface area (Å²) < 4.78 is 5.60. The van der Waals surface area contributed by atoms with Crippen LogP contribution >= 0.6 is 0 Å². The summed E-state index contributed by atoms with van der Waals surface area (Å²) in [4.78, 5) is 24.3. The number of anilines is 1. The number of carbonyl (C=O) groups excluding carboxylic acids is 2. The normalized spacial score (nSPS) is 10.5. The molecule has 0 saturated heterocycles. The average molecular weight is 377 g/mol. The summed E-state index contributed by atoms with van der Waals surface area (Å²) in [5, 5.41) is 5.55. The van der Waals surface area contributed by atoms with Crippen LogP contribution < -0.4 is 16.4 Å². The number of benzene rings is 2. The van der Waals surface area contributed by atoms with E-state index in [9.17, 15) is 9.59 Å². The zero-order chi connectivity index (χ0) is 20.1. The molecule has 2 amide bonds. The number of amides is 2. The van der Waals surface area contributed by atoms with Crippen molar-refractivity contribution in [3.63, 3.8) is 0 Å². The largest absolute Gasteiger partial charge is 0.451 e. The summed E-state index contributed by atoms with van der Waals surface area (Å²) >= 11 is 0. The lowest BCUT2D eigenvalue weighted by molar-refractivity contribution is 0.0927. The standard InChI is InChI=1S/C22H23N3O3/c1-14-3-4-17(13-15(14)2)21(26)25-18-7-5-16(6-8-18)19-9-10-20(28-19)22(27)24-12-11-23/h3-10,13H,11-12,23H2,1-2H3,(H,24,27)(H,25,26). The summed E-state index contributed by atoms with van der Waals surface area (Å²) in [7, 11) is 0. The van der Waals surface area contributed by atoms with E-state index in [1.54, 1.807) is 24.3 Å². The number of nitrogens with one attached hydrogen (secondary N) is 2. The zero-order valence-electron chi connectivity index (χ0n) is 15.9. The van der Waals surface area contributed by atoms with Crippen LogP contribution in [-0.2, 0) is 0 Å². The van der Waals surface area contributed by atoms with Gasteiger partial charge in [0.2, 0.25) is 0 Å². The van der Waals surface area contributed by atoms with Gasteiger partial charge in [0.05, 0.1) is 0 Å². The molecule has 0 bridgehead atoms. The second kappa shape index (κ2) is 8.54. The second-order valence-corrected chi connectivity index (χ2v) is 6.54. The predicted molar refractivity (Wildman–Crippen MR) is 109 cm³/mol. The minimum atomic E-state index is -0.297. The van der Waals surface area contributed by atoms with E-state index in [0.717, 1.165) is 16.7 Å². The molecule has 0 atom stereocenters. The van der Waals surface area contributed by atoms with Gasteiger partial charge in [0.1, 0.15) is 5.76 Å². The van der Waals surface area contributed by atoms with Crippen LogP contribution in [0, 0.1) is 13.8 Å². The molecule has 0 aliphatic heterocycles. The quantitative estimate of drug-likeness (QED) is 0.612. The molecule has 2 aromatic carbocycles. The maximum Gasteiger partial charge on any atom is 0.287 e. The molecule has 0 aliphatic rings. The van der Waals surface area contributed by atoms with Gasteiger partial charge in [0.25, 0.3) is 11.8 Å². The van der Waals surface area contributed by atoms with E-state index in [-0.39, 0.29) is 17.6 Å². The first-order valence-corrected chi connectivity index (χ1v) is 9.05. The Hall–Kier alpha value is -3.38. The third kappa shape index (κ3) is 4.47. The van der Waals surface area contributed by atoms with Crippen molar-refractivity contribution >= 4 is 17.5 Å². The zero-order valence-corrected chi connectivity index (χ0v) is 15.9. The van der Waals surface area contributed by atoms with E-state index in [0.29, 0.717) is 30.1 Å². The minimum absolute atomic E-state index is 0.160. The Morgan fingerprint density at radius 3 is 2.36 bits per heavy atom. The van der Waals surface area contributed by atoms with E-state index in [1.165, 1.54) is 0 Å². The highest BCUT2D eigenvalue weighted by atomic mass is 16.3. The highest BCUT2D eigenvalue weighted by molar-refractivity contribution is 6.04. The monoisotopic (exact) mass is 377 g/mol. The van der Waals surface area contributed by atoms with Gasteiger partial charge >= 0.3 is 0 Å². The smallest absolute Gasteiger partial charge is 0.287 e. The van der Waals surface area contributed by atoms with Gasteiger partial charge in [0, 0.05) is 29.9 Å². The van der Waals surface area contributed by atoms with Crippen LogP contribution in [0.25, 0.3) is 11.3 Å². The molecule has 6 nitrogen and oxygen atoms in total. The maximum absolute atomic E-state index is 12.4. The average Bonchev–Trinajstić information content (AvgIpc) is 3.19. The van der Waals surface area contributed by atoms with E-state index in [4.69, 9.17) is 10.2 Å². The van der Waals surface area contributed by atoms with Crippen molar-refractivity contribution in [3.8, 4) is 11.3 Å². The second-order valence-electron chi connectivity index (χ2n) is 6.54. The lowest BCUT2D eigenvalue weighted by Crippen LogP contribution is -2.28. The fraction of sp³-hybridized carbons (Fsp3) is 0.182. The molecule has 0 unspecified atom stereocenters. The van der Waals surface area contributed by atoms with Gasteiger partial charge in [0.15, 0.2) is 5.76 Å². The van der Waals surface area contributed by atoms with Crippen LogP contribution in [0.2, 0.25) is 0 Å². The van der Waals surface area contributed by atoms with Crippen LogP contribution in [0.5, 0.6) is 0 Å². The molecule has 6 heteroatoms. The molecule has 0 aliphatic carbocycles. The molecule has 0 fully saturated rings. The van der Waals surface area contributed by atoms with Gasteiger partial charge in [-0.05, 0) is 73.5 Å². The number of nitrogens with two attached hydrogens (primary N) is 1. The Labute approximate surface area is 163 Å². The fourth-order valence-corrected chi connectivity index (χ4v) is 2.69. The number of furan rings is 1. The molecule has 3 aromatic rings. The van der Waals surface area contributed by atoms with E-state index >= 15 is 0 Å². The molecule has 0 radical (unpaired) electrons. The third-order valence-electron chi connectivity index (χ3n) is 4.46. The van der Waals surface area contributed by atoms with Gasteiger partial charge in [-0.15, -0.1) is 0 Å². The number of carbonyl (C=O) groups is 2. The first-order chi connectivity index (χ1) is 13.5. The molecule has 144 valence electrons. The molecular formula is C22H23N3O3. The van der Waals surface area contributed by atoms with Crippen LogP contribution in [-0.4, -0.2) is 24.9 Å². The van der Waals surface area contributed by atoms with Crippen molar-refractivity contribution in [3.05, 3.63) is 77.0 Å². The van der Waals surface area contributed by atoms with Crippen molar-refractivity contribution in [2.24, 2.45) is 5.73 Å². The van der Waals surface area contributed by atoms with Crippen molar-refractivity contribution in [2.75, 3.05) is 18.4 Å². The first-order valence-electron chi connectivity index (χ1n) is 9.05. The lowest BCUT2D eigenvalue weighted by Gasteiger charge is -2.08. The van der Waals surface area contributed by atoms with Gasteiger partial charge in [-0.25, -0.2) is 0 Å². The topological polar surface area (TPSA) is 97.4 Å². The Morgan fingerprint density at radius 2 is 1.68 bits per heavy atom. The highest BCUT2D eigenvalue weighted by Gasteiger charge is 2.12. The Morgan fingerprint density at radius 1 is 0.929 bits per heavy atom. The Balaban J connectivity index is 1.68. The molecule has 28 heavy (non-hydrogen) atoms. The molecule has 3 rings (SSSR count). The number of hydrogen-bond donors (Lipinski definition) is 3. The Kier molecular flexibility index (Phi) is 5.91. The molecule has 4 N–H and O–H groups in total. The lowest BCUT2D eigenvalue weighted by atomic mass is 10.1. The van der Waals surface area contributed by atoms with Crippen molar-refractivity contribution < 1.29 is 14.0 Å². The van der Waals surface area contributed by atoms with Gasteiger partial charge in [-0.3, -0.25) is 9.59 Å². The fourth-order valence-electron chi connectivity index (χ4n) is 2.69. The third-order valence-corrected chi connectivity index (χ3v) is 4.46. The predicted octanol–water partition coefficient (Wildman–Crippen LogP) is 3.50. The maximum atomic E-state index is 12.4. The van der Waals surface area contributed by atoms with E-state index in [1.807, 2.05) is 44.2 Å². The van der Waals surface area contributed by atoms with Gasteiger partial charge in [-0.2, -0.15) is 0 Å². The molecule has 0 saturated carbocycles. The van der Waals surface area contributed by atoms with Crippen molar-refractivity contribution in [1.82, 2.24) is 5.32 Å². The number of hydrogen-bond acceptors (Lipinski definition) is 4. The van der Waals surface area contributed by atoms with Crippen LogP contribution in [0.4, 0.5) is 5.69 Å². The summed E-state index contributed by atoms with van der Waals surface area (Å²) in [5.74, 6) is 0.349. The molecule has 0 spiro atoms. The summed E-state index contributed by atoms with van der Waals surface area (Å²) in [6.45, 7) is 4.75. The summed E-state index contributed by atoms with van der Waals surface area (Å²) in [5.41, 5.74) is 9.70. The molecule has 1 aromatic heterocycles. The first kappa shape index (κ1) is 19.4. The van der Waals surface area contributed by atoms with Crippen molar-refractivity contribution in [1.29, 1.82) is 0 Å². The van der Waals surface area contributed by atoms with Crippen LogP contribution in [0.1, 0.15) is 32.0 Å². The molecule has 1 heterocycles. The van der Waals surface area contributed by atoms with E-state index < -0.39 is 0 Å². The number of aryl methyl sites for hydroxylation is 2. The minimum Gasteiger partial charge on any atom is -0.451 e. The van der Waals surface area contributed by atoms with Gasteiger partial charge < -0.3 is 20.8 Å². The number of rotatable bonds is 6.